The van der Waals surface area contributed by atoms with Gasteiger partial charge in [-0.2, -0.15) is 5.10 Å². The predicted molar refractivity (Wildman–Crippen MR) is 72.2 cm³/mol. The van der Waals surface area contributed by atoms with Crippen LogP contribution < -0.4 is 0 Å². The van der Waals surface area contributed by atoms with Gasteiger partial charge in [0.2, 0.25) is 0 Å². The first-order valence-electron chi connectivity index (χ1n) is 6.01. The summed E-state index contributed by atoms with van der Waals surface area (Å²) in [5.74, 6) is 0. The normalized spacial score (nSPS) is 11.8. The van der Waals surface area contributed by atoms with Crippen molar-refractivity contribution in [3.63, 3.8) is 0 Å². The van der Waals surface area contributed by atoms with Gasteiger partial charge < -0.3 is 0 Å². The first-order chi connectivity index (χ1) is 7.88. The number of nitrogens with one attached hydrogen (secondary N) is 1. The summed E-state index contributed by atoms with van der Waals surface area (Å²) in [5.41, 5.74) is 6.10. The second kappa shape index (κ2) is 4.02. The van der Waals surface area contributed by atoms with Gasteiger partial charge in [-0.1, -0.05) is 44.5 Å². The summed E-state index contributed by atoms with van der Waals surface area (Å²) in [6.07, 6.45) is 0. The molecule has 0 atom stereocenters. The Morgan fingerprint density at radius 3 is 2.29 bits per heavy atom. The Morgan fingerprint density at radius 2 is 1.76 bits per heavy atom. The van der Waals surface area contributed by atoms with E-state index >= 15 is 0 Å². The van der Waals surface area contributed by atoms with Crippen molar-refractivity contribution in [3.05, 3.63) is 41.1 Å². The van der Waals surface area contributed by atoms with Gasteiger partial charge in [0.05, 0.1) is 5.69 Å². The second-order valence-corrected chi connectivity index (χ2v) is 5.74. The van der Waals surface area contributed by atoms with E-state index in [9.17, 15) is 0 Å². The Kier molecular flexibility index (Phi) is 2.82. The average molecular weight is 228 g/mol. The maximum absolute atomic E-state index is 4.42. The highest BCUT2D eigenvalue weighted by Crippen LogP contribution is 2.27. The van der Waals surface area contributed by atoms with Crippen LogP contribution in [0.5, 0.6) is 0 Å². The lowest BCUT2D eigenvalue weighted by Gasteiger charge is -2.14. The number of hydrogen-bond donors (Lipinski definition) is 1. The van der Waals surface area contributed by atoms with Gasteiger partial charge in [-0.15, -0.1) is 0 Å². The van der Waals surface area contributed by atoms with E-state index in [0.717, 1.165) is 5.69 Å². The smallest absolute Gasteiger partial charge is 0.0926 e. The van der Waals surface area contributed by atoms with Gasteiger partial charge in [-0.05, 0) is 25.5 Å². The number of nitrogens with zero attached hydrogens (tertiary/aromatic N) is 1. The van der Waals surface area contributed by atoms with E-state index in [2.05, 4.69) is 69.1 Å². The van der Waals surface area contributed by atoms with E-state index in [-0.39, 0.29) is 5.41 Å². The summed E-state index contributed by atoms with van der Waals surface area (Å²) >= 11 is 0. The molecule has 2 aromatic rings. The van der Waals surface area contributed by atoms with Gasteiger partial charge in [-0.25, -0.2) is 0 Å². The molecular weight excluding hydrogens is 208 g/mol. The zero-order valence-electron chi connectivity index (χ0n) is 11.3. The summed E-state index contributed by atoms with van der Waals surface area (Å²) in [7, 11) is 0. The van der Waals surface area contributed by atoms with Crippen molar-refractivity contribution < 1.29 is 0 Å². The second-order valence-electron chi connectivity index (χ2n) is 5.74. The lowest BCUT2D eigenvalue weighted by Crippen LogP contribution is -2.11. The van der Waals surface area contributed by atoms with Gasteiger partial charge in [0.25, 0.3) is 0 Å². The minimum Gasteiger partial charge on any atom is -0.281 e. The third-order valence-corrected chi connectivity index (χ3v) is 3.04. The molecule has 0 aliphatic rings. The van der Waals surface area contributed by atoms with Crippen molar-refractivity contribution in [1.29, 1.82) is 0 Å². The van der Waals surface area contributed by atoms with Crippen molar-refractivity contribution in [2.24, 2.45) is 0 Å². The summed E-state index contributed by atoms with van der Waals surface area (Å²) in [6, 6.07) is 8.62. The summed E-state index contributed by atoms with van der Waals surface area (Å²) in [5, 5.41) is 7.55. The molecule has 17 heavy (non-hydrogen) atoms. The van der Waals surface area contributed by atoms with Gasteiger partial charge in [0.1, 0.15) is 0 Å². The highest BCUT2D eigenvalue weighted by atomic mass is 15.1. The largest absolute Gasteiger partial charge is 0.281 e. The highest BCUT2D eigenvalue weighted by molar-refractivity contribution is 5.64. The van der Waals surface area contributed by atoms with Crippen LogP contribution in [0, 0.1) is 13.8 Å². The van der Waals surface area contributed by atoms with Crippen molar-refractivity contribution in [2.45, 2.75) is 40.0 Å². The number of hydrogen-bond acceptors (Lipinski definition) is 1. The van der Waals surface area contributed by atoms with E-state index in [1.165, 1.54) is 22.4 Å². The molecule has 0 bridgehead atoms. The van der Waals surface area contributed by atoms with E-state index in [1.807, 2.05) is 0 Å². The van der Waals surface area contributed by atoms with Gasteiger partial charge in [-0.3, -0.25) is 5.10 Å². The number of aryl methyl sites for hydroxylation is 2. The summed E-state index contributed by atoms with van der Waals surface area (Å²) in [4.78, 5) is 0. The molecule has 0 saturated carbocycles. The zero-order chi connectivity index (χ0) is 12.6. The van der Waals surface area contributed by atoms with Crippen LogP contribution in [-0.2, 0) is 5.41 Å². The summed E-state index contributed by atoms with van der Waals surface area (Å²) < 4.78 is 0. The molecule has 0 radical (unpaired) electrons. The molecule has 1 heterocycles. The molecule has 2 rings (SSSR count). The maximum atomic E-state index is 4.42. The van der Waals surface area contributed by atoms with Crippen LogP contribution in [0.4, 0.5) is 0 Å². The third-order valence-electron chi connectivity index (χ3n) is 3.04. The van der Waals surface area contributed by atoms with Crippen LogP contribution in [0.25, 0.3) is 11.3 Å². The molecule has 2 heteroatoms. The highest BCUT2D eigenvalue weighted by Gasteiger charge is 2.17. The van der Waals surface area contributed by atoms with E-state index in [4.69, 9.17) is 0 Å². The standard InChI is InChI=1S/C15H20N2/c1-10-6-7-12(11(2)8-10)13-9-14(17-16-13)15(3,4)5/h6-9H,1-5H3,(H,16,17). The molecule has 1 N–H and O–H groups in total. The Balaban J connectivity index is 2.44. The van der Waals surface area contributed by atoms with Gasteiger partial charge in [0.15, 0.2) is 0 Å². The molecule has 0 aliphatic heterocycles. The molecular formula is C15H20N2. The van der Waals surface area contributed by atoms with Crippen LogP contribution in [0.15, 0.2) is 24.3 Å². The van der Waals surface area contributed by atoms with E-state index in [0.29, 0.717) is 0 Å². The summed E-state index contributed by atoms with van der Waals surface area (Å²) in [6.45, 7) is 10.8. The van der Waals surface area contributed by atoms with Crippen LogP contribution in [0.1, 0.15) is 37.6 Å². The number of aromatic nitrogens is 2. The minimum absolute atomic E-state index is 0.115. The van der Waals surface area contributed by atoms with Crippen LogP contribution in [-0.4, -0.2) is 10.2 Å². The Morgan fingerprint density at radius 1 is 1.06 bits per heavy atom. The lowest BCUT2D eigenvalue weighted by molar-refractivity contribution is 0.567. The van der Waals surface area contributed by atoms with Crippen molar-refractivity contribution >= 4 is 0 Å². The molecule has 2 nitrogen and oxygen atoms in total. The maximum Gasteiger partial charge on any atom is 0.0926 e. The monoisotopic (exact) mass is 228 g/mol. The molecule has 0 aliphatic carbocycles. The number of aromatic amines is 1. The first-order valence-corrected chi connectivity index (χ1v) is 6.01. The fraction of sp³-hybridized carbons (Fsp3) is 0.400. The SMILES string of the molecule is Cc1ccc(-c2cc(C(C)(C)C)[nH]n2)c(C)c1. The molecule has 1 aromatic carbocycles. The molecule has 0 saturated heterocycles. The third kappa shape index (κ3) is 2.41. The first kappa shape index (κ1) is 11.9. The fourth-order valence-electron chi connectivity index (χ4n) is 1.94. The molecule has 90 valence electrons. The van der Waals surface area contributed by atoms with Crippen molar-refractivity contribution in [1.82, 2.24) is 10.2 Å². The van der Waals surface area contributed by atoms with Gasteiger partial charge >= 0.3 is 0 Å². The Labute approximate surface area is 103 Å². The number of H-pyrrole nitrogens is 1. The van der Waals surface area contributed by atoms with E-state index < -0.39 is 0 Å². The average Bonchev–Trinajstić information content (AvgIpc) is 2.65. The fourth-order valence-corrected chi connectivity index (χ4v) is 1.94. The zero-order valence-corrected chi connectivity index (χ0v) is 11.3. The van der Waals surface area contributed by atoms with E-state index in [1.54, 1.807) is 0 Å². The quantitative estimate of drug-likeness (QED) is 0.785. The number of benzene rings is 1. The minimum atomic E-state index is 0.115. The van der Waals surface area contributed by atoms with Crippen molar-refractivity contribution in [3.8, 4) is 11.3 Å². The van der Waals surface area contributed by atoms with Crippen molar-refractivity contribution in [2.75, 3.05) is 0 Å². The van der Waals surface area contributed by atoms with Crippen LogP contribution in [0.3, 0.4) is 0 Å². The Bertz CT molecular complexity index is 530. The molecule has 0 spiro atoms. The topological polar surface area (TPSA) is 28.7 Å². The lowest BCUT2D eigenvalue weighted by atomic mass is 9.91. The molecule has 1 aromatic heterocycles. The predicted octanol–water partition coefficient (Wildman–Crippen LogP) is 3.99. The van der Waals surface area contributed by atoms with Crippen LogP contribution >= 0.6 is 0 Å². The molecule has 0 fully saturated rings. The Hall–Kier alpha value is -1.57. The molecule has 0 amide bonds. The number of rotatable bonds is 1. The molecule has 0 unspecified atom stereocenters. The van der Waals surface area contributed by atoms with Gasteiger partial charge in [0, 0.05) is 16.7 Å². The van der Waals surface area contributed by atoms with Crippen LogP contribution in [0.2, 0.25) is 0 Å².